The first-order valence-electron chi connectivity index (χ1n) is 8.36. The quantitative estimate of drug-likeness (QED) is 0.780. The summed E-state index contributed by atoms with van der Waals surface area (Å²) in [5.74, 6) is 0.842. The molecule has 0 radical (unpaired) electrons. The summed E-state index contributed by atoms with van der Waals surface area (Å²) in [6.07, 6.45) is 0. The highest BCUT2D eigenvalue weighted by atomic mass is 32.2. The number of ether oxygens (including phenoxy) is 1. The first kappa shape index (κ1) is 17.9. The lowest BCUT2D eigenvalue weighted by atomic mass is 9.87. The molecule has 2 heterocycles. The molecule has 0 saturated carbocycles. The third-order valence-electron chi connectivity index (χ3n) is 4.09. The van der Waals surface area contributed by atoms with E-state index in [4.69, 9.17) is 9.15 Å². The summed E-state index contributed by atoms with van der Waals surface area (Å²) in [7, 11) is 0. The zero-order valence-electron chi connectivity index (χ0n) is 14.8. The summed E-state index contributed by atoms with van der Waals surface area (Å²) in [4.78, 5) is 13.9. The van der Waals surface area contributed by atoms with Gasteiger partial charge in [0.25, 0.3) is 5.22 Å². The van der Waals surface area contributed by atoms with Crippen LogP contribution in [0.25, 0.3) is 11.5 Å². The van der Waals surface area contributed by atoms with Gasteiger partial charge in [0.05, 0.1) is 19.0 Å². The molecule has 1 aliphatic heterocycles. The van der Waals surface area contributed by atoms with Crippen molar-refractivity contribution in [2.45, 2.75) is 31.4 Å². The minimum absolute atomic E-state index is 0.0718. The number of carbonyl (C=O) groups is 1. The minimum Gasteiger partial charge on any atom is -0.411 e. The van der Waals surface area contributed by atoms with E-state index in [1.807, 2.05) is 12.1 Å². The molecule has 134 valence electrons. The molecule has 1 aromatic carbocycles. The van der Waals surface area contributed by atoms with Crippen molar-refractivity contribution < 1.29 is 13.9 Å². The third-order valence-corrected chi connectivity index (χ3v) is 4.89. The van der Waals surface area contributed by atoms with Gasteiger partial charge in [0.15, 0.2) is 0 Å². The Kier molecular flexibility index (Phi) is 5.44. The Balaban J connectivity index is 1.59. The Morgan fingerprint density at radius 2 is 1.84 bits per heavy atom. The van der Waals surface area contributed by atoms with E-state index < -0.39 is 0 Å². The van der Waals surface area contributed by atoms with Gasteiger partial charge < -0.3 is 14.1 Å². The lowest BCUT2D eigenvalue weighted by Gasteiger charge is -2.26. The Bertz CT molecular complexity index is 716. The second kappa shape index (κ2) is 7.58. The monoisotopic (exact) mass is 361 g/mol. The predicted molar refractivity (Wildman–Crippen MR) is 96.6 cm³/mol. The molecule has 1 amide bonds. The smallest absolute Gasteiger partial charge is 0.277 e. The highest BCUT2D eigenvalue weighted by molar-refractivity contribution is 7.99. The number of aromatic nitrogens is 2. The Morgan fingerprint density at radius 3 is 2.48 bits per heavy atom. The van der Waals surface area contributed by atoms with Crippen LogP contribution >= 0.6 is 11.8 Å². The van der Waals surface area contributed by atoms with Crippen molar-refractivity contribution in [1.82, 2.24) is 15.1 Å². The van der Waals surface area contributed by atoms with Crippen LogP contribution in [0.4, 0.5) is 0 Å². The topological polar surface area (TPSA) is 68.5 Å². The van der Waals surface area contributed by atoms with E-state index in [1.165, 1.54) is 17.3 Å². The van der Waals surface area contributed by atoms with Crippen molar-refractivity contribution in [2.75, 3.05) is 32.1 Å². The van der Waals surface area contributed by atoms with E-state index in [-0.39, 0.29) is 11.3 Å². The molecule has 6 nitrogen and oxygen atoms in total. The second-order valence-electron chi connectivity index (χ2n) is 6.98. The van der Waals surface area contributed by atoms with Crippen molar-refractivity contribution in [3.63, 3.8) is 0 Å². The van der Waals surface area contributed by atoms with Crippen molar-refractivity contribution in [2.24, 2.45) is 0 Å². The van der Waals surface area contributed by atoms with Crippen molar-refractivity contribution in [1.29, 1.82) is 0 Å². The van der Waals surface area contributed by atoms with Crippen LogP contribution < -0.4 is 0 Å². The van der Waals surface area contributed by atoms with Crippen molar-refractivity contribution in [3.05, 3.63) is 29.8 Å². The van der Waals surface area contributed by atoms with Gasteiger partial charge in [-0.05, 0) is 23.1 Å². The van der Waals surface area contributed by atoms with Crippen LogP contribution in [0.5, 0.6) is 0 Å². The lowest BCUT2D eigenvalue weighted by molar-refractivity contribution is -0.132. The molecule has 0 spiro atoms. The number of rotatable bonds is 4. The zero-order valence-corrected chi connectivity index (χ0v) is 15.6. The molecular weight excluding hydrogens is 338 g/mol. The molecule has 0 bridgehead atoms. The fraction of sp³-hybridized carbons (Fsp3) is 0.500. The highest BCUT2D eigenvalue weighted by Crippen LogP contribution is 2.27. The van der Waals surface area contributed by atoms with Gasteiger partial charge in [-0.2, -0.15) is 0 Å². The van der Waals surface area contributed by atoms with Gasteiger partial charge >= 0.3 is 0 Å². The molecule has 2 aromatic rings. The number of hydrogen-bond acceptors (Lipinski definition) is 6. The standard InChI is InChI=1S/C18H23N3O3S/c1-18(2,3)14-6-4-13(5-7-14)16-19-20-17(24-16)25-12-15(22)21-8-10-23-11-9-21/h4-7H,8-12H2,1-3H3. The molecule has 0 unspecified atom stereocenters. The van der Waals surface area contributed by atoms with Gasteiger partial charge in [0.1, 0.15) is 0 Å². The van der Waals surface area contributed by atoms with Crippen LogP contribution in [-0.4, -0.2) is 53.1 Å². The number of nitrogens with zero attached hydrogens (tertiary/aromatic N) is 3. The van der Waals surface area contributed by atoms with Gasteiger partial charge in [0.2, 0.25) is 11.8 Å². The summed E-state index contributed by atoms with van der Waals surface area (Å²) < 4.78 is 10.9. The highest BCUT2D eigenvalue weighted by Gasteiger charge is 2.19. The maximum Gasteiger partial charge on any atom is 0.277 e. The van der Waals surface area contributed by atoms with Crippen LogP contribution in [0.3, 0.4) is 0 Å². The molecule has 0 atom stereocenters. The van der Waals surface area contributed by atoms with E-state index in [2.05, 4.69) is 43.1 Å². The molecule has 0 aliphatic carbocycles. The molecule has 1 aromatic heterocycles. The number of carbonyl (C=O) groups excluding carboxylic acids is 1. The SMILES string of the molecule is CC(C)(C)c1ccc(-c2nnc(SCC(=O)N3CCOCC3)o2)cc1. The zero-order chi connectivity index (χ0) is 17.9. The molecular formula is C18H23N3O3S. The Hall–Kier alpha value is -1.86. The maximum atomic E-state index is 12.1. The fourth-order valence-corrected chi connectivity index (χ4v) is 3.19. The van der Waals surface area contributed by atoms with E-state index in [0.717, 1.165) is 5.56 Å². The molecule has 1 aliphatic rings. The molecule has 1 saturated heterocycles. The van der Waals surface area contributed by atoms with Crippen molar-refractivity contribution >= 4 is 17.7 Å². The normalized spacial score (nSPS) is 15.4. The number of thioether (sulfide) groups is 1. The summed E-state index contributed by atoms with van der Waals surface area (Å²) in [6.45, 7) is 9.03. The van der Waals surface area contributed by atoms with Crippen LogP contribution in [0, 0.1) is 0 Å². The van der Waals surface area contributed by atoms with Gasteiger partial charge in [-0.3, -0.25) is 4.79 Å². The van der Waals surface area contributed by atoms with Crippen molar-refractivity contribution in [3.8, 4) is 11.5 Å². The first-order valence-corrected chi connectivity index (χ1v) is 9.35. The Morgan fingerprint density at radius 1 is 1.16 bits per heavy atom. The van der Waals surface area contributed by atoms with Gasteiger partial charge in [-0.25, -0.2) is 0 Å². The summed E-state index contributed by atoms with van der Waals surface area (Å²) in [6, 6.07) is 8.13. The van der Waals surface area contributed by atoms with Gasteiger partial charge in [-0.1, -0.05) is 44.7 Å². The Labute approximate surface area is 151 Å². The summed E-state index contributed by atoms with van der Waals surface area (Å²) in [5.41, 5.74) is 2.24. The largest absolute Gasteiger partial charge is 0.411 e. The van der Waals surface area contributed by atoms with Gasteiger partial charge in [0, 0.05) is 18.7 Å². The van der Waals surface area contributed by atoms with Gasteiger partial charge in [-0.15, -0.1) is 10.2 Å². The van der Waals surface area contributed by atoms with Crippen LogP contribution in [0.1, 0.15) is 26.3 Å². The molecule has 3 rings (SSSR count). The first-order chi connectivity index (χ1) is 11.9. The minimum atomic E-state index is 0.0718. The van der Waals surface area contributed by atoms with Crippen LogP contribution in [0.2, 0.25) is 0 Å². The lowest BCUT2D eigenvalue weighted by Crippen LogP contribution is -2.41. The molecule has 7 heteroatoms. The van der Waals surface area contributed by atoms with E-state index in [1.54, 1.807) is 4.90 Å². The van der Waals surface area contributed by atoms with Crippen LogP contribution in [-0.2, 0) is 14.9 Å². The number of morpholine rings is 1. The number of hydrogen-bond donors (Lipinski definition) is 0. The molecule has 0 N–H and O–H groups in total. The summed E-state index contributed by atoms with van der Waals surface area (Å²) >= 11 is 1.27. The van der Waals surface area contributed by atoms with E-state index >= 15 is 0 Å². The predicted octanol–water partition coefficient (Wildman–Crippen LogP) is 2.99. The number of benzene rings is 1. The average molecular weight is 361 g/mol. The second-order valence-corrected chi connectivity index (χ2v) is 7.91. The number of amides is 1. The molecule has 25 heavy (non-hydrogen) atoms. The molecule has 1 fully saturated rings. The fourth-order valence-electron chi connectivity index (χ4n) is 2.53. The van der Waals surface area contributed by atoms with E-state index in [9.17, 15) is 4.79 Å². The van der Waals surface area contributed by atoms with E-state index in [0.29, 0.717) is 43.2 Å². The third kappa shape index (κ3) is 4.61. The maximum absolute atomic E-state index is 12.1. The average Bonchev–Trinajstić information content (AvgIpc) is 3.09. The summed E-state index contributed by atoms with van der Waals surface area (Å²) in [5, 5.41) is 8.53. The van der Waals surface area contributed by atoms with Crippen LogP contribution in [0.15, 0.2) is 33.9 Å².